The van der Waals surface area contributed by atoms with E-state index in [2.05, 4.69) is 12.1 Å². The standard InChI is InChI=1S/C13H7ClOS/c14-12-10-6-5-8-3-1-2-4-9(8)13(10)16-11(12)7-15/h1-7H. The molecule has 78 valence electrons. The maximum Gasteiger partial charge on any atom is 0.161 e. The quantitative estimate of drug-likeness (QED) is 0.577. The van der Waals surface area contributed by atoms with E-state index >= 15 is 0 Å². The molecule has 0 unspecified atom stereocenters. The fraction of sp³-hybridized carbons (Fsp3) is 0. The van der Waals surface area contributed by atoms with E-state index in [1.165, 1.54) is 16.7 Å². The number of carbonyl (C=O) groups is 1. The Morgan fingerprint density at radius 2 is 1.88 bits per heavy atom. The molecule has 0 aliphatic carbocycles. The van der Waals surface area contributed by atoms with Crippen LogP contribution in [0.15, 0.2) is 36.4 Å². The number of benzene rings is 2. The lowest BCUT2D eigenvalue weighted by molar-refractivity contribution is 0.112. The van der Waals surface area contributed by atoms with E-state index in [-0.39, 0.29) is 0 Å². The minimum Gasteiger partial charge on any atom is -0.297 e. The summed E-state index contributed by atoms with van der Waals surface area (Å²) in [6, 6.07) is 12.1. The Kier molecular flexibility index (Phi) is 2.20. The van der Waals surface area contributed by atoms with Crippen LogP contribution in [0.2, 0.25) is 5.02 Å². The largest absolute Gasteiger partial charge is 0.297 e. The van der Waals surface area contributed by atoms with Crippen LogP contribution in [0.25, 0.3) is 20.9 Å². The Morgan fingerprint density at radius 1 is 1.06 bits per heavy atom. The number of rotatable bonds is 1. The van der Waals surface area contributed by atoms with Gasteiger partial charge in [0.05, 0.1) is 9.90 Å². The highest BCUT2D eigenvalue weighted by Gasteiger charge is 2.11. The maximum absolute atomic E-state index is 10.9. The highest BCUT2D eigenvalue weighted by atomic mass is 35.5. The first-order valence-electron chi connectivity index (χ1n) is 4.86. The third kappa shape index (κ3) is 1.27. The molecule has 0 fully saturated rings. The van der Waals surface area contributed by atoms with Gasteiger partial charge >= 0.3 is 0 Å². The molecule has 0 radical (unpaired) electrons. The van der Waals surface area contributed by atoms with Gasteiger partial charge in [-0.1, -0.05) is 48.0 Å². The number of hydrogen-bond donors (Lipinski definition) is 0. The molecule has 0 bridgehead atoms. The van der Waals surface area contributed by atoms with Crippen LogP contribution < -0.4 is 0 Å². The normalized spacial score (nSPS) is 11.1. The van der Waals surface area contributed by atoms with Crippen LogP contribution in [-0.4, -0.2) is 6.29 Å². The second kappa shape index (κ2) is 3.58. The number of halogens is 1. The molecular formula is C13H7ClOS. The summed E-state index contributed by atoms with van der Waals surface area (Å²) in [5.41, 5.74) is 0. The Labute approximate surface area is 101 Å². The van der Waals surface area contributed by atoms with Gasteiger partial charge < -0.3 is 0 Å². The van der Waals surface area contributed by atoms with Crippen molar-refractivity contribution in [1.29, 1.82) is 0 Å². The van der Waals surface area contributed by atoms with Gasteiger partial charge in [-0.25, -0.2) is 0 Å². The van der Waals surface area contributed by atoms with Crippen molar-refractivity contribution in [3.05, 3.63) is 46.3 Å². The first-order valence-corrected chi connectivity index (χ1v) is 6.05. The van der Waals surface area contributed by atoms with Gasteiger partial charge in [-0.15, -0.1) is 11.3 Å². The number of hydrogen-bond acceptors (Lipinski definition) is 2. The van der Waals surface area contributed by atoms with Crippen LogP contribution in [0.3, 0.4) is 0 Å². The third-order valence-electron chi connectivity index (χ3n) is 2.65. The van der Waals surface area contributed by atoms with E-state index in [1.807, 2.05) is 24.3 Å². The van der Waals surface area contributed by atoms with Crippen molar-refractivity contribution in [2.75, 3.05) is 0 Å². The maximum atomic E-state index is 10.9. The molecule has 0 N–H and O–H groups in total. The second-order valence-electron chi connectivity index (χ2n) is 3.56. The summed E-state index contributed by atoms with van der Waals surface area (Å²) in [7, 11) is 0. The zero-order valence-corrected chi connectivity index (χ0v) is 9.81. The fourth-order valence-corrected chi connectivity index (χ4v) is 3.31. The molecule has 1 heterocycles. The monoisotopic (exact) mass is 246 g/mol. The zero-order chi connectivity index (χ0) is 11.1. The average molecular weight is 247 g/mol. The van der Waals surface area contributed by atoms with E-state index in [1.54, 1.807) is 0 Å². The number of thiophene rings is 1. The van der Waals surface area contributed by atoms with E-state index in [9.17, 15) is 4.79 Å². The number of fused-ring (bicyclic) bond motifs is 3. The van der Waals surface area contributed by atoms with Crippen LogP contribution in [0, 0.1) is 0 Å². The van der Waals surface area contributed by atoms with Gasteiger partial charge in [0.25, 0.3) is 0 Å². The summed E-state index contributed by atoms with van der Waals surface area (Å²) < 4.78 is 1.09. The third-order valence-corrected chi connectivity index (χ3v) is 4.33. The predicted molar refractivity (Wildman–Crippen MR) is 69.7 cm³/mol. The Morgan fingerprint density at radius 3 is 2.69 bits per heavy atom. The minimum absolute atomic E-state index is 0.570. The lowest BCUT2D eigenvalue weighted by Crippen LogP contribution is -1.72. The highest BCUT2D eigenvalue weighted by Crippen LogP contribution is 2.38. The summed E-state index contributed by atoms with van der Waals surface area (Å²) >= 11 is 7.59. The first kappa shape index (κ1) is 9.82. The molecule has 3 rings (SSSR count). The molecule has 0 aliphatic rings. The van der Waals surface area contributed by atoms with Crippen molar-refractivity contribution in [2.24, 2.45) is 0 Å². The molecule has 0 atom stereocenters. The van der Waals surface area contributed by atoms with E-state index in [0.717, 1.165) is 21.8 Å². The van der Waals surface area contributed by atoms with Crippen LogP contribution in [-0.2, 0) is 0 Å². The van der Waals surface area contributed by atoms with Crippen molar-refractivity contribution >= 4 is 50.1 Å². The summed E-state index contributed by atoms with van der Waals surface area (Å²) in [5.74, 6) is 0. The number of carbonyl (C=O) groups excluding carboxylic acids is 1. The SMILES string of the molecule is O=Cc1sc2c(ccc3ccccc32)c1Cl. The topological polar surface area (TPSA) is 17.1 Å². The second-order valence-corrected chi connectivity index (χ2v) is 4.99. The van der Waals surface area contributed by atoms with E-state index in [0.29, 0.717) is 9.90 Å². The Hall–Kier alpha value is -1.38. The van der Waals surface area contributed by atoms with E-state index < -0.39 is 0 Å². The lowest BCUT2D eigenvalue weighted by Gasteiger charge is -1.98. The van der Waals surface area contributed by atoms with Gasteiger partial charge in [0.2, 0.25) is 0 Å². The van der Waals surface area contributed by atoms with Gasteiger partial charge in [0.1, 0.15) is 0 Å². The predicted octanol–water partition coefficient (Wildman–Crippen LogP) is 4.52. The summed E-state index contributed by atoms with van der Waals surface area (Å²) in [6.45, 7) is 0. The summed E-state index contributed by atoms with van der Waals surface area (Å²) in [6.07, 6.45) is 0.821. The van der Waals surface area contributed by atoms with Gasteiger partial charge in [0, 0.05) is 10.1 Å². The molecular weight excluding hydrogens is 240 g/mol. The van der Waals surface area contributed by atoms with Crippen LogP contribution in [0.4, 0.5) is 0 Å². The van der Waals surface area contributed by atoms with Gasteiger partial charge in [-0.2, -0.15) is 0 Å². The molecule has 1 nitrogen and oxygen atoms in total. The zero-order valence-electron chi connectivity index (χ0n) is 8.24. The van der Waals surface area contributed by atoms with Crippen molar-refractivity contribution in [3.8, 4) is 0 Å². The van der Waals surface area contributed by atoms with Crippen LogP contribution in [0.5, 0.6) is 0 Å². The molecule has 0 saturated heterocycles. The van der Waals surface area contributed by atoms with Crippen molar-refractivity contribution in [2.45, 2.75) is 0 Å². The molecule has 0 spiro atoms. The fourth-order valence-electron chi connectivity index (χ4n) is 1.89. The van der Waals surface area contributed by atoms with Crippen molar-refractivity contribution in [1.82, 2.24) is 0 Å². The molecule has 0 saturated carbocycles. The molecule has 1 aromatic heterocycles. The molecule has 16 heavy (non-hydrogen) atoms. The number of aldehydes is 1. The summed E-state index contributed by atoms with van der Waals surface area (Å²) in [5, 5.41) is 3.86. The molecule has 3 aromatic rings. The summed E-state index contributed by atoms with van der Waals surface area (Å²) in [4.78, 5) is 11.5. The molecule has 0 amide bonds. The lowest BCUT2D eigenvalue weighted by atomic mass is 10.1. The highest BCUT2D eigenvalue weighted by molar-refractivity contribution is 7.22. The van der Waals surface area contributed by atoms with Gasteiger partial charge in [-0.3, -0.25) is 4.79 Å². The Balaban J connectivity index is 2.56. The molecule has 3 heteroatoms. The molecule has 0 aliphatic heterocycles. The van der Waals surface area contributed by atoms with Crippen molar-refractivity contribution in [3.63, 3.8) is 0 Å². The average Bonchev–Trinajstić information content (AvgIpc) is 2.67. The van der Waals surface area contributed by atoms with Gasteiger partial charge in [0.15, 0.2) is 6.29 Å². The Bertz CT molecular complexity index is 700. The smallest absolute Gasteiger partial charge is 0.161 e. The first-order chi connectivity index (χ1) is 7.81. The van der Waals surface area contributed by atoms with E-state index in [4.69, 9.17) is 11.6 Å². The molecule has 2 aromatic carbocycles. The minimum atomic E-state index is 0.570. The van der Waals surface area contributed by atoms with Gasteiger partial charge in [-0.05, 0) is 10.8 Å². The van der Waals surface area contributed by atoms with Crippen molar-refractivity contribution < 1.29 is 4.79 Å². The van der Waals surface area contributed by atoms with Crippen LogP contribution in [0.1, 0.15) is 9.67 Å². The van der Waals surface area contributed by atoms with Crippen LogP contribution >= 0.6 is 22.9 Å².